The highest BCUT2D eigenvalue weighted by Crippen LogP contribution is 2.29. The normalized spacial score (nSPS) is 18.1. The van der Waals surface area contributed by atoms with Gasteiger partial charge in [0.25, 0.3) is 5.91 Å². The summed E-state index contributed by atoms with van der Waals surface area (Å²) in [4.78, 5) is 34.8. The van der Waals surface area contributed by atoms with Gasteiger partial charge in [-0.3, -0.25) is 14.7 Å². The van der Waals surface area contributed by atoms with Crippen molar-refractivity contribution in [3.63, 3.8) is 0 Å². The van der Waals surface area contributed by atoms with E-state index in [9.17, 15) is 9.59 Å². The zero-order valence-electron chi connectivity index (χ0n) is 18.7. The van der Waals surface area contributed by atoms with Crippen LogP contribution in [-0.4, -0.2) is 62.4 Å². The molecular formula is C24H23ClFN5O3S. The molecule has 0 spiro atoms. The first-order valence-corrected chi connectivity index (χ1v) is 12.4. The molecule has 0 saturated carbocycles. The molecule has 2 aromatic heterocycles. The van der Waals surface area contributed by atoms with Gasteiger partial charge in [-0.1, -0.05) is 11.6 Å². The number of benzene rings is 1. The molecule has 1 atom stereocenters. The molecule has 8 nitrogen and oxygen atoms in total. The lowest BCUT2D eigenvalue weighted by atomic mass is 10.2. The Labute approximate surface area is 210 Å². The fourth-order valence-electron chi connectivity index (χ4n) is 4.25. The number of nitrogens with one attached hydrogen (secondary N) is 1. The van der Waals surface area contributed by atoms with Gasteiger partial charge in [0.2, 0.25) is 0 Å². The number of aromatic nitrogens is 1. The highest BCUT2D eigenvalue weighted by molar-refractivity contribution is 7.18. The molecular weight excluding hydrogens is 493 g/mol. The third kappa shape index (κ3) is 5.18. The van der Waals surface area contributed by atoms with Gasteiger partial charge < -0.3 is 19.9 Å². The number of pyridine rings is 1. The average molecular weight is 516 g/mol. The van der Waals surface area contributed by atoms with Crippen LogP contribution in [0.5, 0.6) is 0 Å². The molecule has 35 heavy (non-hydrogen) atoms. The van der Waals surface area contributed by atoms with Crippen LogP contribution in [0.1, 0.15) is 9.67 Å². The van der Waals surface area contributed by atoms with Crippen LogP contribution in [0.25, 0.3) is 0 Å². The molecule has 0 radical (unpaired) electrons. The number of anilines is 3. The number of cyclic esters (lactones) is 1. The molecule has 11 heteroatoms. The fraction of sp³-hybridized carbons (Fsp3) is 0.292. The van der Waals surface area contributed by atoms with Gasteiger partial charge in [-0.05, 0) is 42.5 Å². The largest absolute Gasteiger partial charge is 0.442 e. The van der Waals surface area contributed by atoms with E-state index in [0.29, 0.717) is 33.7 Å². The van der Waals surface area contributed by atoms with Gasteiger partial charge in [0, 0.05) is 44.3 Å². The summed E-state index contributed by atoms with van der Waals surface area (Å²) >= 11 is 7.04. The van der Waals surface area contributed by atoms with E-state index in [2.05, 4.69) is 15.2 Å². The Hall–Kier alpha value is -3.37. The lowest BCUT2D eigenvalue weighted by Gasteiger charge is -2.37. The van der Waals surface area contributed by atoms with Crippen LogP contribution >= 0.6 is 22.9 Å². The third-order valence-electron chi connectivity index (χ3n) is 6.05. The van der Waals surface area contributed by atoms with E-state index in [1.54, 1.807) is 36.7 Å². The maximum atomic E-state index is 15.1. The monoisotopic (exact) mass is 515 g/mol. The number of thiophene rings is 1. The standard InChI is InChI=1S/C24H23ClFN5O3S/c25-22-4-3-21(35-22)23(32)28-14-18-15-31(24(33)34-18)17-1-2-20(19(26)13-17)30-11-9-29(10-12-30)16-5-7-27-8-6-16/h1-8,13,18H,9-12,14-15H2,(H,28,32)/t18-/m0/s1. The zero-order chi connectivity index (χ0) is 24.4. The van der Waals surface area contributed by atoms with E-state index in [1.165, 1.54) is 22.3 Å². The Bertz CT molecular complexity index is 1220. The minimum absolute atomic E-state index is 0.152. The predicted molar refractivity (Wildman–Crippen MR) is 134 cm³/mol. The Morgan fingerprint density at radius 3 is 2.51 bits per heavy atom. The van der Waals surface area contributed by atoms with Crippen molar-refractivity contribution in [1.29, 1.82) is 0 Å². The van der Waals surface area contributed by atoms with Crippen LogP contribution < -0.4 is 20.0 Å². The van der Waals surface area contributed by atoms with E-state index in [0.717, 1.165) is 18.8 Å². The molecule has 4 heterocycles. The van der Waals surface area contributed by atoms with Gasteiger partial charge in [0.1, 0.15) is 11.9 Å². The third-order valence-corrected chi connectivity index (χ3v) is 7.28. The number of hydrogen-bond donors (Lipinski definition) is 1. The number of nitrogens with zero attached hydrogens (tertiary/aromatic N) is 4. The van der Waals surface area contributed by atoms with Crippen LogP contribution in [0.3, 0.4) is 0 Å². The van der Waals surface area contributed by atoms with Gasteiger partial charge in [0.05, 0.1) is 33.7 Å². The minimum atomic E-state index is -0.568. The molecule has 0 aliphatic carbocycles. The van der Waals surface area contributed by atoms with Crippen LogP contribution in [-0.2, 0) is 4.74 Å². The first-order valence-electron chi connectivity index (χ1n) is 11.2. The first-order chi connectivity index (χ1) is 17.0. The highest BCUT2D eigenvalue weighted by Gasteiger charge is 2.33. The molecule has 3 aromatic rings. The number of carbonyl (C=O) groups excluding carboxylic acids is 2. The van der Waals surface area contributed by atoms with Gasteiger partial charge in [0.15, 0.2) is 0 Å². The highest BCUT2D eigenvalue weighted by atomic mass is 35.5. The summed E-state index contributed by atoms with van der Waals surface area (Å²) in [7, 11) is 0. The Kier molecular flexibility index (Phi) is 6.74. The summed E-state index contributed by atoms with van der Waals surface area (Å²) in [6.45, 7) is 3.28. The van der Waals surface area contributed by atoms with Crippen LogP contribution in [0.4, 0.5) is 26.2 Å². The summed E-state index contributed by atoms with van der Waals surface area (Å²) < 4.78 is 21.0. The zero-order valence-corrected chi connectivity index (χ0v) is 20.3. The summed E-state index contributed by atoms with van der Waals surface area (Å²) in [5.74, 6) is -0.671. The molecule has 182 valence electrons. The molecule has 2 saturated heterocycles. The number of hydrogen-bond acceptors (Lipinski definition) is 7. The SMILES string of the molecule is O=C(NC[C@H]1CN(c2ccc(N3CCN(c4ccncc4)CC3)c(F)c2)C(=O)O1)c1ccc(Cl)s1. The molecule has 0 unspecified atom stereocenters. The predicted octanol–water partition coefficient (Wildman–Crippen LogP) is 4.02. The van der Waals surface area contributed by atoms with E-state index in [4.69, 9.17) is 16.3 Å². The summed E-state index contributed by atoms with van der Waals surface area (Å²) in [6, 6.07) is 12.0. The second kappa shape index (κ2) is 10.1. The molecule has 2 amide bonds. The average Bonchev–Trinajstić information content (AvgIpc) is 3.48. The van der Waals surface area contributed by atoms with E-state index < -0.39 is 12.2 Å². The van der Waals surface area contributed by atoms with Crippen molar-refractivity contribution in [2.75, 3.05) is 54.0 Å². The number of halogens is 2. The van der Waals surface area contributed by atoms with Crippen LogP contribution in [0.15, 0.2) is 54.9 Å². The topological polar surface area (TPSA) is 78.0 Å². The second-order valence-electron chi connectivity index (χ2n) is 8.25. The summed E-state index contributed by atoms with van der Waals surface area (Å²) in [6.07, 6.45) is 2.43. The lowest BCUT2D eigenvalue weighted by molar-refractivity contribution is 0.0920. The molecule has 1 N–H and O–H groups in total. The second-order valence-corrected chi connectivity index (χ2v) is 9.96. The van der Waals surface area contributed by atoms with E-state index >= 15 is 4.39 Å². The summed E-state index contributed by atoms with van der Waals surface area (Å²) in [5.41, 5.74) is 2.03. The van der Waals surface area contributed by atoms with Gasteiger partial charge >= 0.3 is 6.09 Å². The van der Waals surface area contributed by atoms with Crippen molar-refractivity contribution < 1.29 is 18.7 Å². The van der Waals surface area contributed by atoms with Gasteiger partial charge in [-0.25, -0.2) is 9.18 Å². The van der Waals surface area contributed by atoms with Crippen LogP contribution in [0.2, 0.25) is 4.34 Å². The van der Waals surface area contributed by atoms with Crippen molar-refractivity contribution in [3.8, 4) is 0 Å². The molecule has 2 fully saturated rings. The number of rotatable bonds is 6. The number of ether oxygens (including phenoxy) is 1. The molecule has 0 bridgehead atoms. The quantitative estimate of drug-likeness (QED) is 0.534. The Morgan fingerprint density at radius 2 is 1.83 bits per heavy atom. The van der Waals surface area contributed by atoms with Crippen molar-refractivity contribution in [3.05, 3.63) is 69.9 Å². The minimum Gasteiger partial charge on any atom is -0.442 e. The van der Waals surface area contributed by atoms with Crippen molar-refractivity contribution in [1.82, 2.24) is 10.3 Å². The Balaban J connectivity index is 1.18. The maximum Gasteiger partial charge on any atom is 0.414 e. The first kappa shape index (κ1) is 23.4. The lowest BCUT2D eigenvalue weighted by Crippen LogP contribution is -2.46. The van der Waals surface area contributed by atoms with E-state index in [1.807, 2.05) is 17.0 Å². The maximum absolute atomic E-state index is 15.1. The van der Waals surface area contributed by atoms with Crippen molar-refractivity contribution in [2.45, 2.75) is 6.10 Å². The Morgan fingerprint density at radius 1 is 1.09 bits per heavy atom. The van der Waals surface area contributed by atoms with Crippen molar-refractivity contribution >= 4 is 52.0 Å². The number of carbonyl (C=O) groups is 2. The fourth-order valence-corrected chi connectivity index (χ4v) is 5.21. The molecule has 5 rings (SSSR count). The van der Waals surface area contributed by atoms with Crippen molar-refractivity contribution in [2.24, 2.45) is 0 Å². The number of amides is 2. The molecule has 2 aliphatic rings. The van der Waals surface area contributed by atoms with Gasteiger partial charge in [-0.2, -0.15) is 0 Å². The molecule has 2 aliphatic heterocycles. The smallest absolute Gasteiger partial charge is 0.414 e. The van der Waals surface area contributed by atoms with E-state index in [-0.39, 0.29) is 24.8 Å². The summed E-state index contributed by atoms with van der Waals surface area (Å²) in [5, 5.41) is 2.75. The van der Waals surface area contributed by atoms with Gasteiger partial charge in [-0.15, -0.1) is 11.3 Å². The number of piperazine rings is 1. The molecule has 1 aromatic carbocycles. The van der Waals surface area contributed by atoms with Crippen LogP contribution in [0, 0.1) is 5.82 Å².